The number of alkyl halides is 3. The molecule has 0 atom stereocenters. The molecule has 0 fully saturated rings. The minimum Gasteiger partial charge on any atom is -0.323 e. The highest BCUT2D eigenvalue weighted by Crippen LogP contribution is 2.33. The number of nitrogens with one attached hydrogen (secondary N) is 1. The molecule has 136 valence electrons. The SMILES string of the molecule is Cn1c(C(F)(F)F)nc2cc(C(=O)Nc3ncc([N+](=O)[O-])s3)c(Cl)cc21. The lowest BCUT2D eigenvalue weighted by atomic mass is 10.2. The molecule has 13 heteroatoms. The summed E-state index contributed by atoms with van der Waals surface area (Å²) in [4.78, 5) is 29.4. The third-order valence-electron chi connectivity index (χ3n) is 3.36. The van der Waals surface area contributed by atoms with E-state index in [1.807, 2.05) is 0 Å². The number of aromatic nitrogens is 3. The smallest absolute Gasteiger partial charge is 0.323 e. The highest BCUT2D eigenvalue weighted by molar-refractivity contribution is 7.18. The Balaban J connectivity index is 1.97. The highest BCUT2D eigenvalue weighted by atomic mass is 35.5. The molecule has 0 aliphatic carbocycles. The van der Waals surface area contributed by atoms with Gasteiger partial charge in [0.25, 0.3) is 5.91 Å². The number of hydrogen-bond donors (Lipinski definition) is 1. The van der Waals surface area contributed by atoms with Crippen LogP contribution in [0.3, 0.4) is 0 Å². The first-order chi connectivity index (χ1) is 12.1. The maximum Gasteiger partial charge on any atom is 0.449 e. The second-order valence-electron chi connectivity index (χ2n) is 5.03. The number of halogens is 4. The van der Waals surface area contributed by atoms with Crippen molar-refractivity contribution in [2.75, 3.05) is 5.32 Å². The lowest BCUT2D eigenvalue weighted by Gasteiger charge is -2.06. The van der Waals surface area contributed by atoms with E-state index in [1.54, 1.807) is 0 Å². The number of imidazole rings is 1. The van der Waals surface area contributed by atoms with Crippen molar-refractivity contribution in [3.63, 3.8) is 0 Å². The van der Waals surface area contributed by atoms with Crippen molar-refractivity contribution < 1.29 is 22.9 Å². The van der Waals surface area contributed by atoms with Gasteiger partial charge in [0.2, 0.25) is 5.82 Å². The average molecular weight is 406 g/mol. The zero-order valence-corrected chi connectivity index (χ0v) is 14.2. The molecule has 0 radical (unpaired) electrons. The van der Waals surface area contributed by atoms with Crippen molar-refractivity contribution in [2.45, 2.75) is 6.18 Å². The first kappa shape index (κ1) is 18.1. The summed E-state index contributed by atoms with van der Waals surface area (Å²) in [5, 5.41) is 12.5. The molecule has 0 aliphatic heterocycles. The molecular formula is C13H7ClF3N5O3S. The number of nitro groups is 1. The summed E-state index contributed by atoms with van der Waals surface area (Å²) in [6, 6.07) is 2.31. The Morgan fingerprint density at radius 2 is 2.12 bits per heavy atom. The fourth-order valence-corrected chi connectivity index (χ4v) is 3.08. The van der Waals surface area contributed by atoms with Gasteiger partial charge in [-0.15, -0.1) is 0 Å². The molecule has 0 unspecified atom stereocenters. The van der Waals surface area contributed by atoms with Crippen LogP contribution in [0.2, 0.25) is 5.02 Å². The Labute approximate surface area is 151 Å². The molecule has 0 bridgehead atoms. The molecule has 2 heterocycles. The van der Waals surface area contributed by atoms with Gasteiger partial charge >= 0.3 is 11.2 Å². The predicted molar refractivity (Wildman–Crippen MR) is 87.4 cm³/mol. The van der Waals surface area contributed by atoms with Crippen LogP contribution in [0.5, 0.6) is 0 Å². The van der Waals surface area contributed by atoms with Gasteiger partial charge in [0.1, 0.15) is 6.20 Å². The van der Waals surface area contributed by atoms with Crippen LogP contribution in [-0.4, -0.2) is 25.4 Å². The monoisotopic (exact) mass is 405 g/mol. The van der Waals surface area contributed by atoms with Crippen molar-refractivity contribution in [3.05, 3.63) is 44.9 Å². The van der Waals surface area contributed by atoms with Gasteiger partial charge in [-0.1, -0.05) is 11.6 Å². The van der Waals surface area contributed by atoms with Crippen LogP contribution in [0.15, 0.2) is 18.3 Å². The van der Waals surface area contributed by atoms with Crippen LogP contribution < -0.4 is 5.32 Å². The highest BCUT2D eigenvalue weighted by Gasteiger charge is 2.37. The van der Waals surface area contributed by atoms with Crippen LogP contribution in [-0.2, 0) is 13.2 Å². The number of benzene rings is 1. The molecule has 0 aliphatic rings. The van der Waals surface area contributed by atoms with Crippen LogP contribution in [0.4, 0.5) is 23.3 Å². The third kappa shape index (κ3) is 3.20. The fraction of sp³-hybridized carbons (Fsp3) is 0.154. The van der Waals surface area contributed by atoms with E-state index in [9.17, 15) is 28.1 Å². The lowest BCUT2D eigenvalue weighted by Crippen LogP contribution is -2.12. The second-order valence-corrected chi connectivity index (χ2v) is 6.44. The van der Waals surface area contributed by atoms with Gasteiger partial charge in [0, 0.05) is 7.05 Å². The van der Waals surface area contributed by atoms with Crippen LogP contribution in [0.25, 0.3) is 11.0 Å². The van der Waals surface area contributed by atoms with E-state index in [1.165, 1.54) is 13.1 Å². The van der Waals surface area contributed by atoms with E-state index >= 15 is 0 Å². The second kappa shape index (κ2) is 6.21. The van der Waals surface area contributed by atoms with Crippen LogP contribution >= 0.6 is 22.9 Å². The van der Waals surface area contributed by atoms with E-state index in [4.69, 9.17) is 11.6 Å². The first-order valence-corrected chi connectivity index (χ1v) is 7.92. The molecule has 2 aromatic heterocycles. The van der Waals surface area contributed by atoms with Crippen molar-refractivity contribution in [1.29, 1.82) is 0 Å². The summed E-state index contributed by atoms with van der Waals surface area (Å²) < 4.78 is 39.7. The number of carbonyl (C=O) groups excluding carboxylic acids is 1. The van der Waals surface area contributed by atoms with Gasteiger partial charge in [0.05, 0.1) is 26.5 Å². The van der Waals surface area contributed by atoms with Crippen LogP contribution in [0.1, 0.15) is 16.2 Å². The largest absolute Gasteiger partial charge is 0.449 e. The molecule has 3 rings (SSSR count). The van der Waals surface area contributed by atoms with E-state index in [0.717, 1.165) is 16.8 Å². The minimum absolute atomic E-state index is 0.0464. The Bertz CT molecular complexity index is 1050. The van der Waals surface area contributed by atoms with E-state index in [0.29, 0.717) is 11.3 Å². The fourth-order valence-electron chi connectivity index (χ4n) is 2.21. The quantitative estimate of drug-likeness (QED) is 0.526. The van der Waals surface area contributed by atoms with Gasteiger partial charge in [-0.05, 0) is 23.5 Å². The molecule has 1 N–H and O–H groups in total. The van der Waals surface area contributed by atoms with Gasteiger partial charge in [-0.3, -0.25) is 20.2 Å². The Morgan fingerprint density at radius 3 is 2.69 bits per heavy atom. The van der Waals surface area contributed by atoms with Crippen molar-refractivity contribution >= 4 is 50.0 Å². The zero-order chi connectivity index (χ0) is 19.2. The van der Waals surface area contributed by atoms with Crippen LogP contribution in [0, 0.1) is 10.1 Å². The van der Waals surface area contributed by atoms with Crippen molar-refractivity contribution in [3.8, 4) is 0 Å². The van der Waals surface area contributed by atoms with E-state index in [-0.39, 0.29) is 31.8 Å². The molecule has 1 amide bonds. The third-order valence-corrected chi connectivity index (χ3v) is 4.54. The van der Waals surface area contributed by atoms with Gasteiger partial charge < -0.3 is 4.57 Å². The summed E-state index contributed by atoms with van der Waals surface area (Å²) in [6.45, 7) is 0. The number of thiazole rings is 1. The van der Waals surface area contributed by atoms with E-state index < -0.39 is 22.8 Å². The number of fused-ring (bicyclic) bond motifs is 1. The average Bonchev–Trinajstić information content (AvgIpc) is 3.11. The predicted octanol–water partition coefficient (Wildman–Crippen LogP) is 3.86. The number of amides is 1. The zero-order valence-electron chi connectivity index (χ0n) is 12.7. The van der Waals surface area contributed by atoms with Crippen molar-refractivity contribution in [1.82, 2.24) is 14.5 Å². The maximum absolute atomic E-state index is 12.9. The molecule has 3 aromatic rings. The summed E-state index contributed by atoms with van der Waals surface area (Å²) in [5.41, 5.74) is -0.105. The molecule has 1 aromatic carbocycles. The summed E-state index contributed by atoms with van der Waals surface area (Å²) in [6.07, 6.45) is -3.69. The molecule has 8 nitrogen and oxygen atoms in total. The Hall–Kier alpha value is -2.73. The Kier molecular flexibility index (Phi) is 4.32. The molecule has 0 spiro atoms. The standard InChI is InChI=1S/C13H7ClF3N5O3S/c1-21-8-3-6(14)5(2-7(8)19-11(21)13(15,16)17)10(23)20-12-18-4-9(26-12)22(24)25/h2-4H,1H3,(H,18,20,23). The number of aryl methyl sites for hydroxylation is 1. The van der Waals surface area contributed by atoms with Gasteiger partial charge in [0.15, 0.2) is 5.13 Å². The number of nitrogens with zero attached hydrogens (tertiary/aromatic N) is 4. The normalized spacial score (nSPS) is 11.7. The topological polar surface area (TPSA) is 103 Å². The molecule has 0 saturated carbocycles. The summed E-state index contributed by atoms with van der Waals surface area (Å²) >= 11 is 6.64. The molecular weight excluding hydrogens is 399 g/mol. The van der Waals surface area contributed by atoms with E-state index in [2.05, 4.69) is 15.3 Å². The molecule has 0 saturated heterocycles. The number of anilines is 1. The summed E-state index contributed by atoms with van der Waals surface area (Å²) in [7, 11) is 1.18. The Morgan fingerprint density at radius 1 is 1.42 bits per heavy atom. The first-order valence-electron chi connectivity index (χ1n) is 6.72. The summed E-state index contributed by atoms with van der Waals surface area (Å²) in [5.74, 6) is -1.91. The number of carbonyl (C=O) groups is 1. The van der Waals surface area contributed by atoms with Gasteiger partial charge in [-0.2, -0.15) is 13.2 Å². The molecule has 26 heavy (non-hydrogen) atoms. The number of hydrogen-bond acceptors (Lipinski definition) is 6. The minimum atomic E-state index is -4.66. The van der Waals surface area contributed by atoms with Crippen molar-refractivity contribution in [2.24, 2.45) is 7.05 Å². The van der Waals surface area contributed by atoms with Gasteiger partial charge in [-0.25, -0.2) is 9.97 Å². The maximum atomic E-state index is 12.9. The number of rotatable bonds is 3. The lowest BCUT2D eigenvalue weighted by molar-refractivity contribution is -0.380.